The van der Waals surface area contributed by atoms with Gasteiger partial charge in [-0.05, 0) is 92.1 Å². The summed E-state index contributed by atoms with van der Waals surface area (Å²) in [4.78, 5) is 6.03. The van der Waals surface area contributed by atoms with Gasteiger partial charge in [-0.15, -0.1) is 0 Å². The summed E-state index contributed by atoms with van der Waals surface area (Å²) in [5.74, 6) is 1.74. The Morgan fingerprint density at radius 2 is 1.47 bits per heavy atom. The lowest BCUT2D eigenvalue weighted by atomic mass is 9.41. The molecule has 176 valence electrons. The molecular formula is C31H36N2S. The van der Waals surface area contributed by atoms with Crippen molar-refractivity contribution >= 4 is 29.5 Å². The molecule has 2 atom stereocenters. The predicted octanol–water partition coefficient (Wildman–Crippen LogP) is 7.13. The summed E-state index contributed by atoms with van der Waals surface area (Å²) in [5, 5.41) is 0. The van der Waals surface area contributed by atoms with Crippen molar-refractivity contribution in [2.45, 2.75) is 69.2 Å². The number of nitrogens with two attached hydrogens (primary N) is 1. The first-order chi connectivity index (χ1) is 16.6. The molecule has 0 amide bonds. The van der Waals surface area contributed by atoms with Gasteiger partial charge in [-0.25, -0.2) is 0 Å². The zero-order valence-electron chi connectivity index (χ0n) is 20.0. The number of hydrogen-bond acceptors (Lipinski definition) is 2. The highest BCUT2D eigenvalue weighted by atomic mass is 32.1. The van der Waals surface area contributed by atoms with Crippen molar-refractivity contribution in [1.82, 2.24) is 0 Å². The number of benzene rings is 2. The van der Waals surface area contributed by atoms with Crippen molar-refractivity contribution in [3.63, 3.8) is 0 Å². The predicted molar refractivity (Wildman–Crippen MR) is 146 cm³/mol. The molecule has 2 aromatic rings. The fourth-order valence-electron chi connectivity index (χ4n) is 7.90. The topological polar surface area (TPSA) is 38.4 Å². The van der Waals surface area contributed by atoms with Crippen LogP contribution in [-0.2, 0) is 5.41 Å². The molecule has 5 saturated carbocycles. The Labute approximate surface area is 209 Å². The summed E-state index contributed by atoms with van der Waals surface area (Å²) in [6, 6.07) is 22.6. The maximum absolute atomic E-state index is 6.16. The molecule has 0 saturated heterocycles. The molecule has 7 rings (SSSR count). The van der Waals surface area contributed by atoms with Crippen LogP contribution in [0.3, 0.4) is 0 Å². The van der Waals surface area contributed by atoms with Gasteiger partial charge in [0.05, 0.1) is 0 Å². The van der Waals surface area contributed by atoms with E-state index < -0.39 is 0 Å². The largest absolute Gasteiger partial charge is 0.328 e. The minimum absolute atomic E-state index is 0.0621. The van der Waals surface area contributed by atoms with E-state index in [2.05, 4.69) is 73.0 Å². The summed E-state index contributed by atoms with van der Waals surface area (Å²) < 4.78 is 0. The second-order valence-corrected chi connectivity index (χ2v) is 12.0. The van der Waals surface area contributed by atoms with Gasteiger partial charge in [0.25, 0.3) is 0 Å². The second kappa shape index (κ2) is 8.84. The maximum atomic E-state index is 6.16. The number of nitrogens with zero attached hydrogens (tertiary/aromatic N) is 1. The molecule has 2 unspecified atom stereocenters. The maximum Gasteiger partial charge on any atom is 0.109 e. The average Bonchev–Trinajstić information content (AvgIpc) is 2.86. The van der Waals surface area contributed by atoms with Gasteiger partial charge in [0.1, 0.15) is 4.99 Å². The molecule has 0 heterocycles. The van der Waals surface area contributed by atoms with Crippen LogP contribution in [0.15, 0.2) is 71.2 Å². The molecule has 0 radical (unpaired) electrons. The third-order valence-corrected chi connectivity index (χ3v) is 9.90. The molecule has 5 aliphatic carbocycles. The van der Waals surface area contributed by atoms with Gasteiger partial charge in [0, 0.05) is 17.7 Å². The van der Waals surface area contributed by atoms with E-state index >= 15 is 0 Å². The molecule has 4 bridgehead atoms. The highest BCUT2D eigenvalue weighted by molar-refractivity contribution is 7.80. The van der Waals surface area contributed by atoms with Crippen LogP contribution in [-0.4, -0.2) is 17.2 Å². The zero-order valence-corrected chi connectivity index (χ0v) is 20.9. The van der Waals surface area contributed by atoms with Gasteiger partial charge in [-0.3, -0.25) is 4.99 Å². The highest BCUT2D eigenvalue weighted by Gasteiger charge is 2.61. The van der Waals surface area contributed by atoms with Gasteiger partial charge in [-0.1, -0.05) is 84.5 Å². The number of allylic oxidation sites excluding steroid dienone is 1. The normalized spacial score (nSPS) is 36.7. The van der Waals surface area contributed by atoms with E-state index in [1.807, 2.05) is 0 Å². The monoisotopic (exact) mass is 468 g/mol. The lowest BCUT2D eigenvalue weighted by Crippen LogP contribution is -2.57. The Morgan fingerprint density at radius 3 is 2.12 bits per heavy atom. The van der Waals surface area contributed by atoms with E-state index in [0.717, 1.165) is 30.7 Å². The number of rotatable bonds is 4. The van der Waals surface area contributed by atoms with E-state index in [4.69, 9.17) is 22.9 Å². The van der Waals surface area contributed by atoms with Gasteiger partial charge >= 0.3 is 0 Å². The molecule has 5 aliphatic rings. The zero-order chi connectivity index (χ0) is 23.2. The molecular weight excluding hydrogens is 432 g/mol. The minimum Gasteiger partial charge on any atom is -0.328 e. The number of aliphatic imine (C=N–C) groups is 1. The van der Waals surface area contributed by atoms with E-state index in [1.54, 1.807) is 5.57 Å². The van der Waals surface area contributed by atoms with Crippen LogP contribution in [0.4, 0.5) is 0 Å². The van der Waals surface area contributed by atoms with Crippen molar-refractivity contribution in [2.75, 3.05) is 0 Å². The Balaban J connectivity index is 1.32. The highest BCUT2D eigenvalue weighted by Crippen LogP contribution is 2.68. The molecule has 0 aromatic heterocycles. The first-order valence-corrected chi connectivity index (χ1v) is 13.6. The molecule has 5 fully saturated rings. The first kappa shape index (κ1) is 22.4. The smallest absolute Gasteiger partial charge is 0.109 e. The summed E-state index contributed by atoms with van der Waals surface area (Å²) in [6.07, 6.45) is 15.2. The van der Waals surface area contributed by atoms with Crippen molar-refractivity contribution < 1.29 is 0 Å². The van der Waals surface area contributed by atoms with Gasteiger partial charge in [0.2, 0.25) is 0 Å². The van der Waals surface area contributed by atoms with Crippen molar-refractivity contribution in [3.8, 4) is 0 Å². The van der Waals surface area contributed by atoms with Crippen molar-refractivity contribution in [3.05, 3.63) is 77.4 Å². The number of hydrogen-bond donors (Lipinski definition) is 1. The Kier molecular flexibility index (Phi) is 5.82. The van der Waals surface area contributed by atoms with E-state index in [0.29, 0.717) is 23.8 Å². The fourth-order valence-corrected chi connectivity index (χ4v) is 8.20. The van der Waals surface area contributed by atoms with Gasteiger partial charge in [0.15, 0.2) is 0 Å². The molecule has 3 heteroatoms. The Hall–Kier alpha value is -2.10. The average molecular weight is 469 g/mol. The summed E-state index contributed by atoms with van der Waals surface area (Å²) in [7, 11) is 0. The summed E-state index contributed by atoms with van der Waals surface area (Å²) >= 11 is 6.16. The van der Waals surface area contributed by atoms with E-state index in [9.17, 15) is 0 Å². The van der Waals surface area contributed by atoms with Crippen LogP contribution >= 0.6 is 12.2 Å². The molecule has 34 heavy (non-hydrogen) atoms. The standard InChI is InChI=1S/C31H36N2S/c32-27-13-11-23(12-14-27)20-33-29(34)31-18-24-16-30(21-31,26-9-5-2-6-10-26)17-25(19-31)28(24)15-22-7-3-1-4-8-22/h1-10,15,20,23-25,27H,11-14,16-19,21,32H2. The second-order valence-electron chi connectivity index (χ2n) is 11.6. The van der Waals surface area contributed by atoms with Crippen molar-refractivity contribution in [1.29, 1.82) is 0 Å². The van der Waals surface area contributed by atoms with Crippen LogP contribution in [0, 0.1) is 23.2 Å². The fraction of sp³-hybridized carbons (Fsp3) is 0.484. The molecule has 0 aliphatic heterocycles. The lowest BCUT2D eigenvalue weighted by molar-refractivity contribution is 0.00847. The molecule has 2 N–H and O–H groups in total. The van der Waals surface area contributed by atoms with Crippen LogP contribution in [0.5, 0.6) is 0 Å². The Bertz CT molecular complexity index is 1080. The SMILES string of the molecule is NC1CCC(C=NC(=S)C23CC4CC(c5ccccc5)(CC(C2)C4=Cc2ccccc2)C3)CC1. The minimum atomic E-state index is 0.0621. The quantitative estimate of drug-likeness (QED) is 0.383. The van der Waals surface area contributed by atoms with Gasteiger partial charge in [-0.2, -0.15) is 0 Å². The van der Waals surface area contributed by atoms with Crippen LogP contribution in [0.1, 0.15) is 68.9 Å². The summed E-state index contributed by atoms with van der Waals surface area (Å²) in [5.41, 5.74) is 10.9. The van der Waals surface area contributed by atoms with Crippen LogP contribution < -0.4 is 5.73 Å². The van der Waals surface area contributed by atoms with Gasteiger partial charge < -0.3 is 5.73 Å². The molecule has 0 spiro atoms. The molecule has 2 aromatic carbocycles. The van der Waals surface area contributed by atoms with Crippen LogP contribution in [0.25, 0.3) is 6.08 Å². The summed E-state index contributed by atoms with van der Waals surface area (Å²) in [6.45, 7) is 0. The molecule has 2 nitrogen and oxygen atoms in total. The van der Waals surface area contributed by atoms with Crippen molar-refractivity contribution in [2.24, 2.45) is 33.9 Å². The first-order valence-electron chi connectivity index (χ1n) is 13.2. The van der Waals surface area contributed by atoms with Crippen LogP contribution in [0.2, 0.25) is 0 Å². The lowest BCUT2D eigenvalue weighted by Gasteiger charge is -2.63. The van der Waals surface area contributed by atoms with E-state index in [1.165, 1.54) is 43.2 Å². The third-order valence-electron chi connectivity index (χ3n) is 9.36. The van der Waals surface area contributed by atoms with E-state index in [-0.39, 0.29) is 10.8 Å². The third kappa shape index (κ3) is 4.01. The number of thiocarbonyl (C=S) groups is 1. The Morgan fingerprint density at radius 1 is 0.853 bits per heavy atom.